The molecule has 2 heterocycles. The van der Waals surface area contributed by atoms with Gasteiger partial charge in [0.05, 0.1) is 0 Å². The summed E-state index contributed by atoms with van der Waals surface area (Å²) in [5, 5.41) is 1.95. The van der Waals surface area contributed by atoms with E-state index in [1.807, 2.05) is 54.6 Å². The molecule has 55 heavy (non-hydrogen) atoms. The van der Waals surface area contributed by atoms with Gasteiger partial charge >= 0.3 is 0 Å². The summed E-state index contributed by atoms with van der Waals surface area (Å²) in [6.45, 7) is 0. The molecule has 0 amide bonds. The van der Waals surface area contributed by atoms with Gasteiger partial charge in [-0.25, -0.2) is 15.0 Å². The molecule has 0 aliphatic carbocycles. The Morgan fingerprint density at radius 3 is 1.31 bits per heavy atom. The Morgan fingerprint density at radius 1 is 0.273 bits per heavy atom. The van der Waals surface area contributed by atoms with Crippen LogP contribution in [0.3, 0.4) is 0 Å². The van der Waals surface area contributed by atoms with Crippen LogP contribution in [0.25, 0.3) is 101 Å². The average Bonchev–Trinajstić information content (AvgIpc) is 3.67. The summed E-state index contributed by atoms with van der Waals surface area (Å²) in [4.78, 5) is 15.7. The summed E-state index contributed by atoms with van der Waals surface area (Å²) in [6, 6.07) is 69.1. The molecular weight excluding hydrogens is 671 g/mol. The maximum Gasteiger partial charge on any atom is 0.164 e. The molecule has 258 valence electrons. The van der Waals surface area contributed by atoms with Gasteiger partial charge in [-0.05, 0) is 57.6 Å². The van der Waals surface area contributed by atoms with Crippen molar-refractivity contribution >= 4 is 21.9 Å². The molecule has 0 aliphatic heterocycles. The maximum atomic E-state index is 7.11. The highest BCUT2D eigenvalue weighted by Crippen LogP contribution is 2.46. The topological polar surface area (TPSA) is 51.8 Å². The number of benzene rings is 8. The van der Waals surface area contributed by atoms with Gasteiger partial charge in [0.25, 0.3) is 0 Å². The fourth-order valence-corrected chi connectivity index (χ4v) is 7.52. The van der Waals surface area contributed by atoms with E-state index in [4.69, 9.17) is 19.4 Å². The van der Waals surface area contributed by atoms with Crippen molar-refractivity contribution in [3.05, 3.63) is 200 Å². The minimum atomic E-state index is 0.574. The van der Waals surface area contributed by atoms with Crippen LogP contribution in [0.1, 0.15) is 0 Å². The number of hydrogen-bond acceptors (Lipinski definition) is 4. The Kier molecular flexibility index (Phi) is 8.12. The lowest BCUT2D eigenvalue weighted by atomic mass is 9.93. The molecule has 0 radical (unpaired) electrons. The summed E-state index contributed by atoms with van der Waals surface area (Å²) in [6.07, 6.45) is 0. The minimum absolute atomic E-state index is 0.574. The zero-order valence-electron chi connectivity index (χ0n) is 29.8. The third-order valence-corrected chi connectivity index (χ3v) is 10.2. The molecule has 0 aliphatic rings. The number of nitrogens with zero attached hydrogens (tertiary/aromatic N) is 3. The minimum Gasteiger partial charge on any atom is -0.455 e. The van der Waals surface area contributed by atoms with Gasteiger partial charge in [0, 0.05) is 38.6 Å². The molecule has 8 aromatic carbocycles. The van der Waals surface area contributed by atoms with Crippen molar-refractivity contribution < 1.29 is 4.42 Å². The van der Waals surface area contributed by atoms with E-state index in [-0.39, 0.29) is 0 Å². The monoisotopic (exact) mass is 703 g/mol. The van der Waals surface area contributed by atoms with E-state index in [2.05, 4.69) is 146 Å². The van der Waals surface area contributed by atoms with E-state index < -0.39 is 0 Å². The van der Waals surface area contributed by atoms with Crippen molar-refractivity contribution in [3.8, 4) is 78.7 Å². The summed E-state index contributed by atoms with van der Waals surface area (Å²) in [5.41, 5.74) is 12.9. The fraction of sp³-hybridized carbons (Fsp3) is 0. The second kappa shape index (κ2) is 13.8. The lowest BCUT2D eigenvalue weighted by Gasteiger charge is -2.13. The highest BCUT2D eigenvalue weighted by molar-refractivity contribution is 6.19. The van der Waals surface area contributed by atoms with E-state index in [1.54, 1.807) is 0 Å². The molecule has 2 aromatic heterocycles. The fourth-order valence-electron chi connectivity index (χ4n) is 7.52. The van der Waals surface area contributed by atoms with Gasteiger partial charge in [-0.3, -0.25) is 0 Å². The lowest BCUT2D eigenvalue weighted by Crippen LogP contribution is -2.01. The molecule has 4 heteroatoms. The standard InChI is InChI=1S/C51H33N3O/c1-6-18-34(19-7-1)39-32-44(37-24-12-4-13-25-37)47-45(33-39)46-43(31-30-41(48(46)55-47)36-22-10-3-11-23-36)51-53-49(38-26-14-5-15-27-38)52-50(54-51)42-29-17-16-28-40(42)35-20-8-2-9-21-35/h1-33H. The van der Waals surface area contributed by atoms with Crippen LogP contribution in [-0.4, -0.2) is 15.0 Å². The van der Waals surface area contributed by atoms with Crippen molar-refractivity contribution in [3.63, 3.8) is 0 Å². The van der Waals surface area contributed by atoms with Crippen LogP contribution in [0.5, 0.6) is 0 Å². The van der Waals surface area contributed by atoms with E-state index in [0.29, 0.717) is 17.5 Å². The van der Waals surface area contributed by atoms with Crippen LogP contribution in [0.2, 0.25) is 0 Å². The average molecular weight is 704 g/mol. The first-order valence-electron chi connectivity index (χ1n) is 18.4. The Labute approximate surface area is 319 Å². The molecule has 10 rings (SSSR count). The van der Waals surface area contributed by atoms with Crippen LogP contribution < -0.4 is 0 Å². The largest absolute Gasteiger partial charge is 0.455 e. The second-order valence-electron chi connectivity index (χ2n) is 13.5. The maximum absolute atomic E-state index is 7.11. The summed E-state index contributed by atoms with van der Waals surface area (Å²) >= 11 is 0. The predicted octanol–water partition coefficient (Wildman–Crippen LogP) is 13.4. The first-order chi connectivity index (χ1) is 27.3. The molecule has 0 bridgehead atoms. The van der Waals surface area contributed by atoms with Gasteiger partial charge in [0.1, 0.15) is 11.2 Å². The van der Waals surface area contributed by atoms with Gasteiger partial charge < -0.3 is 4.42 Å². The highest BCUT2D eigenvalue weighted by atomic mass is 16.3. The molecular formula is C51H33N3O. The zero-order chi connectivity index (χ0) is 36.6. The molecule has 0 N–H and O–H groups in total. The summed E-state index contributed by atoms with van der Waals surface area (Å²) in [5.74, 6) is 1.78. The first kappa shape index (κ1) is 32.2. The van der Waals surface area contributed by atoms with E-state index in [0.717, 1.165) is 83.1 Å². The smallest absolute Gasteiger partial charge is 0.164 e. The number of fused-ring (bicyclic) bond motifs is 3. The molecule has 0 fully saturated rings. The van der Waals surface area contributed by atoms with Crippen LogP contribution in [0.15, 0.2) is 205 Å². The van der Waals surface area contributed by atoms with Crippen LogP contribution in [0.4, 0.5) is 0 Å². The molecule has 0 spiro atoms. The Bertz CT molecular complexity index is 2940. The number of rotatable bonds is 7. The van der Waals surface area contributed by atoms with Crippen molar-refractivity contribution in [1.29, 1.82) is 0 Å². The van der Waals surface area contributed by atoms with Gasteiger partial charge in [0.2, 0.25) is 0 Å². The third-order valence-electron chi connectivity index (χ3n) is 10.2. The SMILES string of the molecule is c1ccc(-c2cc(-c3ccccc3)c3oc4c(-c5ccccc5)ccc(-c5nc(-c6ccccc6)nc(-c6ccccc6-c6ccccc6)n5)c4c3c2)cc1. The molecule has 0 unspecified atom stereocenters. The van der Waals surface area contributed by atoms with Crippen molar-refractivity contribution in [2.45, 2.75) is 0 Å². The van der Waals surface area contributed by atoms with Crippen molar-refractivity contribution in [2.75, 3.05) is 0 Å². The predicted molar refractivity (Wildman–Crippen MR) is 225 cm³/mol. The van der Waals surface area contributed by atoms with Gasteiger partial charge in [0.15, 0.2) is 17.5 Å². The molecule has 4 nitrogen and oxygen atoms in total. The molecule has 10 aromatic rings. The number of furan rings is 1. The van der Waals surface area contributed by atoms with Crippen LogP contribution in [-0.2, 0) is 0 Å². The van der Waals surface area contributed by atoms with Crippen molar-refractivity contribution in [2.24, 2.45) is 0 Å². The molecule has 0 saturated heterocycles. The number of aromatic nitrogens is 3. The lowest BCUT2D eigenvalue weighted by molar-refractivity contribution is 0.671. The van der Waals surface area contributed by atoms with Gasteiger partial charge in [-0.2, -0.15) is 0 Å². The van der Waals surface area contributed by atoms with Crippen LogP contribution >= 0.6 is 0 Å². The zero-order valence-corrected chi connectivity index (χ0v) is 29.8. The second-order valence-corrected chi connectivity index (χ2v) is 13.5. The summed E-state index contributed by atoms with van der Waals surface area (Å²) in [7, 11) is 0. The molecule has 0 saturated carbocycles. The van der Waals surface area contributed by atoms with E-state index >= 15 is 0 Å². The Morgan fingerprint density at radius 2 is 0.709 bits per heavy atom. The van der Waals surface area contributed by atoms with E-state index in [1.165, 1.54) is 0 Å². The van der Waals surface area contributed by atoms with Crippen molar-refractivity contribution in [1.82, 2.24) is 15.0 Å². The first-order valence-corrected chi connectivity index (χ1v) is 18.4. The highest BCUT2D eigenvalue weighted by Gasteiger charge is 2.24. The van der Waals surface area contributed by atoms with Gasteiger partial charge in [-0.1, -0.05) is 176 Å². The van der Waals surface area contributed by atoms with E-state index in [9.17, 15) is 0 Å². The molecule has 0 atom stereocenters. The summed E-state index contributed by atoms with van der Waals surface area (Å²) < 4.78 is 7.11. The van der Waals surface area contributed by atoms with Crippen LogP contribution in [0, 0.1) is 0 Å². The Balaban J connectivity index is 1.31. The normalized spacial score (nSPS) is 11.3. The number of hydrogen-bond donors (Lipinski definition) is 0. The quantitative estimate of drug-likeness (QED) is 0.166. The van der Waals surface area contributed by atoms with Gasteiger partial charge in [-0.15, -0.1) is 0 Å². The third kappa shape index (κ3) is 5.96. The Hall–Kier alpha value is -7.43.